The van der Waals surface area contributed by atoms with Crippen LogP contribution in [0.5, 0.6) is 0 Å². The van der Waals surface area contributed by atoms with Gasteiger partial charge in [-0.05, 0) is 31.8 Å². The van der Waals surface area contributed by atoms with Crippen LogP contribution in [0.25, 0.3) is 0 Å². The van der Waals surface area contributed by atoms with E-state index in [1.165, 1.54) is 6.20 Å². The second kappa shape index (κ2) is 7.19. The summed E-state index contributed by atoms with van der Waals surface area (Å²) in [5.41, 5.74) is -0.0458. The van der Waals surface area contributed by atoms with Crippen molar-refractivity contribution in [3.05, 3.63) is 12.4 Å². The molecule has 1 rings (SSSR count). The minimum atomic E-state index is -3.46. The second-order valence-corrected chi connectivity index (χ2v) is 7.51. The molecule has 0 aliphatic heterocycles. The third-order valence-corrected chi connectivity index (χ3v) is 4.79. The van der Waals surface area contributed by atoms with Crippen LogP contribution in [-0.4, -0.2) is 38.3 Å². The molecule has 0 atom stereocenters. The SMILES string of the molecule is CCC(C)(C)CNS(=O)(=O)c1cnn(CCCNC)c1. The molecular formula is C13H26N4O2S. The van der Waals surface area contributed by atoms with E-state index in [2.05, 4.69) is 15.1 Å². The molecule has 1 heterocycles. The highest BCUT2D eigenvalue weighted by Gasteiger charge is 2.21. The van der Waals surface area contributed by atoms with Crippen molar-refractivity contribution >= 4 is 10.0 Å². The first-order valence-corrected chi connectivity index (χ1v) is 8.46. The summed E-state index contributed by atoms with van der Waals surface area (Å²) in [5.74, 6) is 0. The maximum Gasteiger partial charge on any atom is 0.243 e. The van der Waals surface area contributed by atoms with Crippen molar-refractivity contribution in [2.45, 2.75) is 45.1 Å². The minimum Gasteiger partial charge on any atom is -0.320 e. The first kappa shape index (κ1) is 17.1. The van der Waals surface area contributed by atoms with Gasteiger partial charge < -0.3 is 5.32 Å². The monoisotopic (exact) mass is 302 g/mol. The molecule has 0 spiro atoms. The molecule has 6 nitrogen and oxygen atoms in total. The predicted molar refractivity (Wildman–Crippen MR) is 80.0 cm³/mol. The summed E-state index contributed by atoms with van der Waals surface area (Å²) in [4.78, 5) is 0.230. The lowest BCUT2D eigenvalue weighted by Gasteiger charge is -2.22. The molecule has 0 radical (unpaired) electrons. The molecule has 20 heavy (non-hydrogen) atoms. The van der Waals surface area contributed by atoms with E-state index >= 15 is 0 Å². The van der Waals surface area contributed by atoms with Gasteiger partial charge in [-0.3, -0.25) is 4.68 Å². The number of nitrogens with one attached hydrogen (secondary N) is 2. The molecule has 0 saturated carbocycles. The summed E-state index contributed by atoms with van der Waals surface area (Å²) in [7, 11) is -1.58. The van der Waals surface area contributed by atoms with E-state index in [4.69, 9.17) is 0 Å². The first-order valence-electron chi connectivity index (χ1n) is 6.97. The average molecular weight is 302 g/mol. The molecule has 1 aromatic rings. The summed E-state index contributed by atoms with van der Waals surface area (Å²) in [6.45, 7) is 8.14. The third kappa shape index (κ3) is 5.22. The number of sulfonamides is 1. The zero-order chi connectivity index (χ0) is 15.2. The number of aromatic nitrogens is 2. The molecule has 0 aliphatic carbocycles. The molecule has 0 unspecified atom stereocenters. The average Bonchev–Trinajstić information content (AvgIpc) is 2.87. The summed E-state index contributed by atoms with van der Waals surface area (Å²) in [6.07, 6.45) is 4.81. The zero-order valence-electron chi connectivity index (χ0n) is 12.8. The van der Waals surface area contributed by atoms with Gasteiger partial charge in [-0.25, -0.2) is 13.1 Å². The number of aryl methyl sites for hydroxylation is 1. The summed E-state index contributed by atoms with van der Waals surface area (Å²) in [5, 5.41) is 7.14. The lowest BCUT2D eigenvalue weighted by Crippen LogP contribution is -2.33. The van der Waals surface area contributed by atoms with E-state index in [1.807, 2.05) is 27.8 Å². The van der Waals surface area contributed by atoms with Crippen LogP contribution in [0.15, 0.2) is 17.3 Å². The fraction of sp³-hybridized carbons (Fsp3) is 0.769. The van der Waals surface area contributed by atoms with E-state index in [-0.39, 0.29) is 10.3 Å². The van der Waals surface area contributed by atoms with Crippen molar-refractivity contribution in [3.8, 4) is 0 Å². The number of hydrogen-bond acceptors (Lipinski definition) is 4. The van der Waals surface area contributed by atoms with Gasteiger partial charge >= 0.3 is 0 Å². The lowest BCUT2D eigenvalue weighted by atomic mass is 9.91. The second-order valence-electron chi connectivity index (χ2n) is 5.74. The van der Waals surface area contributed by atoms with E-state index in [0.29, 0.717) is 13.1 Å². The zero-order valence-corrected chi connectivity index (χ0v) is 13.6. The Bertz CT molecular complexity index is 508. The van der Waals surface area contributed by atoms with Crippen LogP contribution < -0.4 is 10.0 Å². The smallest absolute Gasteiger partial charge is 0.243 e. The van der Waals surface area contributed by atoms with Crippen LogP contribution in [0.2, 0.25) is 0 Å². The highest BCUT2D eigenvalue weighted by Crippen LogP contribution is 2.19. The molecule has 7 heteroatoms. The quantitative estimate of drug-likeness (QED) is 0.672. The topological polar surface area (TPSA) is 76.0 Å². The van der Waals surface area contributed by atoms with Gasteiger partial charge in [0.2, 0.25) is 10.0 Å². The summed E-state index contributed by atoms with van der Waals surface area (Å²) in [6, 6.07) is 0. The van der Waals surface area contributed by atoms with Crippen LogP contribution >= 0.6 is 0 Å². The Kier molecular flexibility index (Phi) is 6.16. The molecular weight excluding hydrogens is 276 g/mol. The van der Waals surface area contributed by atoms with Crippen molar-refractivity contribution < 1.29 is 8.42 Å². The Morgan fingerprint density at radius 1 is 1.40 bits per heavy atom. The Labute approximate surface area is 122 Å². The molecule has 0 aromatic carbocycles. The Morgan fingerprint density at radius 2 is 2.10 bits per heavy atom. The lowest BCUT2D eigenvalue weighted by molar-refractivity contribution is 0.350. The van der Waals surface area contributed by atoms with Crippen molar-refractivity contribution in [2.24, 2.45) is 5.41 Å². The van der Waals surface area contributed by atoms with Crippen LogP contribution in [0.4, 0.5) is 0 Å². The molecule has 0 aliphatic rings. The van der Waals surface area contributed by atoms with Gasteiger partial charge in [0.25, 0.3) is 0 Å². The van der Waals surface area contributed by atoms with Crippen molar-refractivity contribution in [2.75, 3.05) is 20.1 Å². The van der Waals surface area contributed by atoms with Crippen LogP contribution in [0.3, 0.4) is 0 Å². The Hall–Kier alpha value is -0.920. The Morgan fingerprint density at radius 3 is 2.70 bits per heavy atom. The van der Waals surface area contributed by atoms with Gasteiger partial charge in [0.05, 0.1) is 6.20 Å². The summed E-state index contributed by atoms with van der Waals surface area (Å²) >= 11 is 0. The van der Waals surface area contributed by atoms with Crippen molar-refractivity contribution in [3.63, 3.8) is 0 Å². The van der Waals surface area contributed by atoms with E-state index < -0.39 is 10.0 Å². The molecule has 0 bridgehead atoms. The first-order chi connectivity index (χ1) is 9.30. The third-order valence-electron chi connectivity index (χ3n) is 3.43. The molecule has 0 amide bonds. The normalized spacial score (nSPS) is 12.8. The molecule has 116 valence electrons. The predicted octanol–water partition coefficient (Wildman–Crippen LogP) is 1.21. The van der Waals surface area contributed by atoms with Crippen molar-refractivity contribution in [1.82, 2.24) is 19.8 Å². The van der Waals surface area contributed by atoms with Gasteiger partial charge in [-0.2, -0.15) is 5.10 Å². The van der Waals surface area contributed by atoms with Gasteiger partial charge in [0.15, 0.2) is 0 Å². The van der Waals surface area contributed by atoms with Gasteiger partial charge in [0, 0.05) is 19.3 Å². The van der Waals surface area contributed by atoms with Gasteiger partial charge in [-0.1, -0.05) is 20.8 Å². The molecule has 1 aromatic heterocycles. The summed E-state index contributed by atoms with van der Waals surface area (Å²) < 4.78 is 28.6. The highest BCUT2D eigenvalue weighted by atomic mass is 32.2. The maximum absolute atomic E-state index is 12.2. The number of rotatable bonds is 9. The van der Waals surface area contributed by atoms with E-state index in [0.717, 1.165) is 19.4 Å². The van der Waals surface area contributed by atoms with E-state index in [9.17, 15) is 8.42 Å². The molecule has 0 saturated heterocycles. The van der Waals surface area contributed by atoms with Crippen LogP contribution in [-0.2, 0) is 16.6 Å². The van der Waals surface area contributed by atoms with Crippen LogP contribution in [0, 0.1) is 5.41 Å². The molecule has 2 N–H and O–H groups in total. The highest BCUT2D eigenvalue weighted by molar-refractivity contribution is 7.89. The standard InChI is InChI=1S/C13H26N4O2S/c1-5-13(2,3)11-16-20(18,19)12-9-15-17(10-12)8-6-7-14-4/h9-10,14,16H,5-8,11H2,1-4H3. The molecule has 0 fully saturated rings. The Balaban J connectivity index is 2.64. The number of hydrogen-bond donors (Lipinski definition) is 2. The maximum atomic E-state index is 12.2. The minimum absolute atomic E-state index is 0.0458. The van der Waals surface area contributed by atoms with E-state index in [1.54, 1.807) is 10.9 Å². The number of nitrogens with zero attached hydrogens (tertiary/aromatic N) is 2. The fourth-order valence-corrected chi connectivity index (χ4v) is 2.72. The fourth-order valence-electron chi connectivity index (χ4n) is 1.52. The van der Waals surface area contributed by atoms with Crippen LogP contribution in [0.1, 0.15) is 33.6 Å². The van der Waals surface area contributed by atoms with Gasteiger partial charge in [-0.15, -0.1) is 0 Å². The van der Waals surface area contributed by atoms with Gasteiger partial charge in [0.1, 0.15) is 4.90 Å². The largest absolute Gasteiger partial charge is 0.320 e. The van der Waals surface area contributed by atoms with Crippen molar-refractivity contribution in [1.29, 1.82) is 0 Å².